The highest BCUT2D eigenvalue weighted by Crippen LogP contribution is 2.28. The maximum atomic E-state index is 12.1. The van der Waals surface area contributed by atoms with Gasteiger partial charge in [-0.2, -0.15) is 0 Å². The van der Waals surface area contributed by atoms with Crippen LogP contribution < -0.4 is 5.32 Å². The van der Waals surface area contributed by atoms with Crippen LogP contribution in [0.5, 0.6) is 0 Å². The molecule has 24 heavy (non-hydrogen) atoms. The molecule has 2 aliphatic rings. The lowest BCUT2D eigenvalue weighted by Gasteiger charge is -2.34. The lowest BCUT2D eigenvalue weighted by Crippen LogP contribution is -2.46. The molecule has 0 bridgehead atoms. The molecule has 2 fully saturated rings. The second kappa shape index (κ2) is 8.12. The maximum Gasteiger partial charge on any atom is 0.225 e. The number of carbonyl (C=O) groups excluding carboxylic acids is 1. The SMILES string of the molecule is CNC(=O)[C@@H]1CN(CC2(O)CCCCCC2)CCN(S(C)(=O)=O)C1. The minimum absolute atomic E-state index is 0.150. The van der Waals surface area contributed by atoms with Crippen LogP contribution in [0, 0.1) is 5.92 Å². The van der Waals surface area contributed by atoms with Gasteiger partial charge in [0.15, 0.2) is 0 Å². The van der Waals surface area contributed by atoms with Crippen molar-refractivity contribution >= 4 is 15.9 Å². The molecule has 8 heteroatoms. The van der Waals surface area contributed by atoms with Gasteiger partial charge in [-0.15, -0.1) is 0 Å². The van der Waals surface area contributed by atoms with E-state index in [0.717, 1.165) is 38.5 Å². The highest BCUT2D eigenvalue weighted by atomic mass is 32.2. The molecule has 140 valence electrons. The molecule has 1 heterocycles. The fraction of sp³-hybridized carbons (Fsp3) is 0.938. The number of hydrogen-bond acceptors (Lipinski definition) is 5. The van der Waals surface area contributed by atoms with E-state index in [-0.39, 0.29) is 12.5 Å². The van der Waals surface area contributed by atoms with E-state index in [1.54, 1.807) is 7.05 Å². The highest BCUT2D eigenvalue weighted by Gasteiger charge is 2.35. The first-order valence-electron chi connectivity index (χ1n) is 8.85. The quantitative estimate of drug-likeness (QED) is 0.689. The average molecular weight is 362 g/mol. The molecule has 1 aliphatic heterocycles. The number of rotatable bonds is 4. The Morgan fingerprint density at radius 3 is 2.33 bits per heavy atom. The van der Waals surface area contributed by atoms with Crippen LogP contribution in [0.1, 0.15) is 38.5 Å². The van der Waals surface area contributed by atoms with Gasteiger partial charge in [-0.3, -0.25) is 9.69 Å². The van der Waals surface area contributed by atoms with Crippen LogP contribution in [0.2, 0.25) is 0 Å². The zero-order chi connectivity index (χ0) is 17.8. The average Bonchev–Trinajstić information content (AvgIpc) is 2.84. The molecule has 1 aliphatic carbocycles. The standard InChI is InChI=1S/C16H31N3O4S/c1-17-15(20)14-11-18(9-10-19(12-14)24(2,22)23)13-16(21)7-5-3-4-6-8-16/h14,21H,3-13H2,1-2H3,(H,17,20)/t14-/m1/s1. The molecule has 1 atom stereocenters. The Kier molecular flexibility index (Phi) is 6.64. The van der Waals surface area contributed by atoms with Crippen molar-refractivity contribution in [3.05, 3.63) is 0 Å². The summed E-state index contributed by atoms with van der Waals surface area (Å²) in [4.78, 5) is 14.2. The summed E-state index contributed by atoms with van der Waals surface area (Å²) in [6.07, 6.45) is 7.11. The summed E-state index contributed by atoms with van der Waals surface area (Å²) < 4.78 is 25.2. The number of nitrogens with zero attached hydrogens (tertiary/aromatic N) is 2. The summed E-state index contributed by atoms with van der Waals surface area (Å²) in [7, 11) is -1.77. The summed E-state index contributed by atoms with van der Waals surface area (Å²) in [5, 5.41) is 13.6. The van der Waals surface area contributed by atoms with Crippen molar-refractivity contribution in [3.8, 4) is 0 Å². The third kappa shape index (κ3) is 5.40. The van der Waals surface area contributed by atoms with Crippen molar-refractivity contribution in [2.45, 2.75) is 44.1 Å². The summed E-state index contributed by atoms with van der Waals surface area (Å²) >= 11 is 0. The molecule has 2 N–H and O–H groups in total. The van der Waals surface area contributed by atoms with Crippen LogP contribution in [0.15, 0.2) is 0 Å². The van der Waals surface area contributed by atoms with E-state index in [4.69, 9.17) is 0 Å². The molecular weight excluding hydrogens is 330 g/mol. The van der Waals surface area contributed by atoms with Crippen LogP contribution in [-0.2, 0) is 14.8 Å². The van der Waals surface area contributed by atoms with E-state index in [1.807, 2.05) is 0 Å². The van der Waals surface area contributed by atoms with Gasteiger partial charge in [0.1, 0.15) is 0 Å². The molecule has 0 aromatic carbocycles. The molecule has 1 saturated heterocycles. The van der Waals surface area contributed by atoms with Crippen molar-refractivity contribution in [2.75, 3.05) is 46.0 Å². The number of amides is 1. The van der Waals surface area contributed by atoms with E-state index in [9.17, 15) is 18.3 Å². The third-order valence-electron chi connectivity index (χ3n) is 5.21. The van der Waals surface area contributed by atoms with Crippen LogP contribution >= 0.6 is 0 Å². The first-order chi connectivity index (χ1) is 11.2. The first kappa shape index (κ1) is 19.6. The van der Waals surface area contributed by atoms with Gasteiger partial charge >= 0.3 is 0 Å². The van der Waals surface area contributed by atoms with Gasteiger partial charge in [0.25, 0.3) is 0 Å². The van der Waals surface area contributed by atoms with Gasteiger partial charge in [-0.1, -0.05) is 25.7 Å². The van der Waals surface area contributed by atoms with Gasteiger partial charge in [-0.25, -0.2) is 12.7 Å². The Morgan fingerprint density at radius 1 is 1.17 bits per heavy atom. The molecule has 7 nitrogen and oxygen atoms in total. The first-order valence-corrected chi connectivity index (χ1v) is 10.7. The Hall–Kier alpha value is -0.700. The summed E-state index contributed by atoms with van der Waals surface area (Å²) in [5.74, 6) is -0.565. The van der Waals surface area contributed by atoms with Crippen molar-refractivity contribution in [3.63, 3.8) is 0 Å². The fourth-order valence-corrected chi connectivity index (χ4v) is 4.69. The molecule has 0 spiro atoms. The zero-order valence-electron chi connectivity index (χ0n) is 14.8. The monoisotopic (exact) mass is 361 g/mol. The molecule has 0 radical (unpaired) electrons. The number of sulfonamides is 1. The molecule has 0 aromatic rings. The predicted octanol–water partition coefficient (Wildman–Crippen LogP) is 0.0111. The van der Waals surface area contributed by atoms with Gasteiger partial charge in [0.05, 0.1) is 17.8 Å². The molecular formula is C16H31N3O4S. The lowest BCUT2D eigenvalue weighted by molar-refractivity contribution is -0.125. The molecule has 0 aromatic heterocycles. The summed E-state index contributed by atoms with van der Waals surface area (Å²) in [6.45, 7) is 2.10. The van der Waals surface area contributed by atoms with Crippen LogP contribution in [-0.4, -0.2) is 80.3 Å². The van der Waals surface area contributed by atoms with Gasteiger partial charge in [0.2, 0.25) is 15.9 Å². The van der Waals surface area contributed by atoms with Gasteiger partial charge < -0.3 is 10.4 Å². The molecule has 1 saturated carbocycles. The van der Waals surface area contributed by atoms with E-state index < -0.39 is 21.5 Å². The molecule has 2 rings (SSSR count). The fourth-order valence-electron chi connectivity index (χ4n) is 3.83. The Labute approximate surface area is 145 Å². The largest absolute Gasteiger partial charge is 0.389 e. The van der Waals surface area contributed by atoms with Crippen LogP contribution in [0.4, 0.5) is 0 Å². The zero-order valence-corrected chi connectivity index (χ0v) is 15.6. The lowest BCUT2D eigenvalue weighted by atomic mass is 9.93. The summed E-state index contributed by atoms with van der Waals surface area (Å²) in [6, 6.07) is 0. The van der Waals surface area contributed by atoms with Crippen molar-refractivity contribution in [1.82, 2.24) is 14.5 Å². The van der Waals surface area contributed by atoms with Crippen LogP contribution in [0.25, 0.3) is 0 Å². The smallest absolute Gasteiger partial charge is 0.225 e. The minimum atomic E-state index is -3.34. The van der Waals surface area contributed by atoms with Crippen molar-refractivity contribution < 1.29 is 18.3 Å². The van der Waals surface area contributed by atoms with E-state index in [0.29, 0.717) is 26.2 Å². The topological polar surface area (TPSA) is 90.0 Å². The minimum Gasteiger partial charge on any atom is -0.389 e. The Morgan fingerprint density at radius 2 is 1.79 bits per heavy atom. The second-order valence-electron chi connectivity index (χ2n) is 7.31. The third-order valence-corrected chi connectivity index (χ3v) is 6.48. The normalized spacial score (nSPS) is 27.2. The number of β-amino-alcohol motifs (C(OH)–C–C–N with tert-alkyl or cyclic N) is 1. The van der Waals surface area contributed by atoms with E-state index in [2.05, 4.69) is 10.2 Å². The second-order valence-corrected chi connectivity index (χ2v) is 9.29. The summed E-state index contributed by atoms with van der Waals surface area (Å²) in [5.41, 5.74) is -0.718. The van der Waals surface area contributed by atoms with Crippen molar-refractivity contribution in [1.29, 1.82) is 0 Å². The van der Waals surface area contributed by atoms with E-state index in [1.165, 1.54) is 10.6 Å². The number of carbonyl (C=O) groups is 1. The Bertz CT molecular complexity index is 529. The predicted molar refractivity (Wildman–Crippen MR) is 93.1 cm³/mol. The van der Waals surface area contributed by atoms with Crippen molar-refractivity contribution in [2.24, 2.45) is 5.92 Å². The van der Waals surface area contributed by atoms with E-state index >= 15 is 0 Å². The maximum absolute atomic E-state index is 12.1. The number of nitrogens with one attached hydrogen (secondary N) is 1. The number of aliphatic hydroxyl groups is 1. The van der Waals surface area contributed by atoms with Gasteiger partial charge in [0, 0.05) is 39.8 Å². The molecule has 0 unspecified atom stereocenters. The Balaban J connectivity index is 2.10. The highest BCUT2D eigenvalue weighted by molar-refractivity contribution is 7.88. The molecule has 1 amide bonds. The van der Waals surface area contributed by atoms with Crippen LogP contribution in [0.3, 0.4) is 0 Å². The van der Waals surface area contributed by atoms with Gasteiger partial charge in [-0.05, 0) is 12.8 Å². The number of hydrogen-bond donors (Lipinski definition) is 2.